The number of aromatic nitrogens is 1. The highest BCUT2D eigenvalue weighted by Crippen LogP contribution is 2.32. The summed E-state index contributed by atoms with van der Waals surface area (Å²) in [5.41, 5.74) is 1.90. The van der Waals surface area contributed by atoms with E-state index in [2.05, 4.69) is 32.7 Å². The standard InChI is InChI=1S/C13H21NO/c1-5-10(2)13(3,4)12-8-6-7-11(9-15)14-12/h6-8,10,15H,5,9H2,1-4H3. The summed E-state index contributed by atoms with van der Waals surface area (Å²) in [5, 5.41) is 9.06. The van der Waals surface area contributed by atoms with E-state index in [1.165, 1.54) is 0 Å². The Morgan fingerprint density at radius 3 is 2.60 bits per heavy atom. The Morgan fingerprint density at radius 1 is 1.40 bits per heavy atom. The average molecular weight is 207 g/mol. The van der Waals surface area contributed by atoms with Gasteiger partial charge in [0.15, 0.2) is 0 Å². The molecule has 0 aliphatic rings. The number of aliphatic hydroxyl groups excluding tert-OH is 1. The van der Waals surface area contributed by atoms with Crippen molar-refractivity contribution < 1.29 is 5.11 Å². The van der Waals surface area contributed by atoms with Gasteiger partial charge < -0.3 is 5.11 Å². The summed E-state index contributed by atoms with van der Waals surface area (Å²) >= 11 is 0. The number of rotatable bonds is 4. The van der Waals surface area contributed by atoms with Crippen molar-refractivity contribution in [2.75, 3.05) is 0 Å². The lowest BCUT2D eigenvalue weighted by Gasteiger charge is -2.30. The van der Waals surface area contributed by atoms with Crippen molar-refractivity contribution in [3.8, 4) is 0 Å². The Morgan fingerprint density at radius 2 is 2.07 bits per heavy atom. The van der Waals surface area contributed by atoms with Crippen LogP contribution in [0, 0.1) is 5.92 Å². The van der Waals surface area contributed by atoms with Gasteiger partial charge in [-0.25, -0.2) is 0 Å². The predicted octanol–water partition coefficient (Wildman–Crippen LogP) is 2.90. The van der Waals surface area contributed by atoms with Crippen LogP contribution < -0.4 is 0 Å². The van der Waals surface area contributed by atoms with Crippen molar-refractivity contribution in [2.45, 2.75) is 46.1 Å². The van der Waals surface area contributed by atoms with Crippen LogP contribution in [-0.2, 0) is 12.0 Å². The molecule has 1 heterocycles. The van der Waals surface area contributed by atoms with E-state index in [0.29, 0.717) is 5.92 Å². The lowest BCUT2D eigenvalue weighted by molar-refractivity contribution is 0.273. The van der Waals surface area contributed by atoms with Crippen molar-refractivity contribution in [3.63, 3.8) is 0 Å². The minimum absolute atomic E-state index is 0.0183. The lowest BCUT2D eigenvalue weighted by Crippen LogP contribution is -2.27. The Bertz CT molecular complexity index is 320. The number of pyridine rings is 1. The lowest BCUT2D eigenvalue weighted by atomic mass is 9.75. The van der Waals surface area contributed by atoms with Gasteiger partial charge in [-0.2, -0.15) is 0 Å². The van der Waals surface area contributed by atoms with Gasteiger partial charge in [-0.05, 0) is 18.1 Å². The van der Waals surface area contributed by atoms with E-state index in [9.17, 15) is 0 Å². The molecule has 0 aliphatic heterocycles. The summed E-state index contributed by atoms with van der Waals surface area (Å²) in [4.78, 5) is 4.48. The van der Waals surface area contributed by atoms with E-state index in [4.69, 9.17) is 5.11 Å². The summed E-state index contributed by atoms with van der Waals surface area (Å²) in [6, 6.07) is 5.87. The van der Waals surface area contributed by atoms with E-state index in [0.717, 1.165) is 17.8 Å². The van der Waals surface area contributed by atoms with E-state index in [-0.39, 0.29) is 12.0 Å². The molecule has 0 bridgehead atoms. The number of nitrogens with zero attached hydrogens (tertiary/aromatic N) is 1. The molecule has 0 aliphatic carbocycles. The largest absolute Gasteiger partial charge is 0.390 e. The molecule has 2 heteroatoms. The summed E-state index contributed by atoms with van der Waals surface area (Å²) in [6.45, 7) is 8.88. The van der Waals surface area contributed by atoms with Crippen LogP contribution in [0.2, 0.25) is 0 Å². The molecule has 0 radical (unpaired) electrons. The molecule has 0 spiro atoms. The van der Waals surface area contributed by atoms with Crippen LogP contribution in [0.3, 0.4) is 0 Å². The Hall–Kier alpha value is -0.890. The van der Waals surface area contributed by atoms with Crippen LogP contribution in [0.15, 0.2) is 18.2 Å². The van der Waals surface area contributed by atoms with Crippen molar-refractivity contribution in [3.05, 3.63) is 29.6 Å². The first-order chi connectivity index (χ1) is 7.02. The monoisotopic (exact) mass is 207 g/mol. The maximum Gasteiger partial charge on any atom is 0.0853 e. The fourth-order valence-electron chi connectivity index (χ4n) is 1.69. The average Bonchev–Trinajstić information content (AvgIpc) is 2.27. The molecule has 0 fully saturated rings. The Balaban J connectivity index is 3.03. The SMILES string of the molecule is CCC(C)C(C)(C)c1cccc(CO)n1. The Kier molecular flexibility index (Phi) is 3.86. The molecule has 1 aromatic heterocycles. The van der Waals surface area contributed by atoms with Gasteiger partial charge >= 0.3 is 0 Å². The summed E-state index contributed by atoms with van der Waals surface area (Å²) < 4.78 is 0. The molecule has 15 heavy (non-hydrogen) atoms. The molecule has 1 N–H and O–H groups in total. The first kappa shape index (κ1) is 12.2. The zero-order valence-electron chi connectivity index (χ0n) is 10.1. The smallest absolute Gasteiger partial charge is 0.0853 e. The molecule has 0 saturated carbocycles. The third kappa shape index (κ3) is 2.57. The molecule has 0 aromatic carbocycles. The summed E-state index contributed by atoms with van der Waals surface area (Å²) in [6.07, 6.45) is 1.14. The van der Waals surface area contributed by atoms with E-state index in [1.807, 2.05) is 18.2 Å². The van der Waals surface area contributed by atoms with Crippen molar-refractivity contribution in [1.82, 2.24) is 4.98 Å². The van der Waals surface area contributed by atoms with Crippen LogP contribution in [0.5, 0.6) is 0 Å². The van der Waals surface area contributed by atoms with Gasteiger partial charge in [-0.15, -0.1) is 0 Å². The fourth-order valence-corrected chi connectivity index (χ4v) is 1.69. The highest BCUT2D eigenvalue weighted by molar-refractivity contribution is 5.19. The maximum atomic E-state index is 9.06. The number of hydrogen-bond acceptors (Lipinski definition) is 2. The van der Waals surface area contributed by atoms with Crippen LogP contribution in [0.1, 0.15) is 45.5 Å². The number of hydrogen-bond donors (Lipinski definition) is 1. The third-order valence-corrected chi connectivity index (χ3v) is 3.47. The van der Waals surface area contributed by atoms with Gasteiger partial charge in [0.05, 0.1) is 12.3 Å². The fraction of sp³-hybridized carbons (Fsp3) is 0.615. The first-order valence-corrected chi connectivity index (χ1v) is 5.59. The molecule has 1 atom stereocenters. The second kappa shape index (κ2) is 4.75. The third-order valence-electron chi connectivity index (χ3n) is 3.47. The number of aliphatic hydroxyl groups is 1. The van der Waals surface area contributed by atoms with Crippen molar-refractivity contribution in [1.29, 1.82) is 0 Å². The quantitative estimate of drug-likeness (QED) is 0.823. The van der Waals surface area contributed by atoms with Crippen molar-refractivity contribution >= 4 is 0 Å². The van der Waals surface area contributed by atoms with Gasteiger partial charge in [0.2, 0.25) is 0 Å². The van der Waals surface area contributed by atoms with E-state index < -0.39 is 0 Å². The van der Waals surface area contributed by atoms with Crippen molar-refractivity contribution in [2.24, 2.45) is 5.92 Å². The second-order valence-electron chi connectivity index (χ2n) is 4.70. The second-order valence-corrected chi connectivity index (χ2v) is 4.70. The molecule has 0 saturated heterocycles. The molecule has 0 amide bonds. The normalized spacial score (nSPS) is 13.9. The minimum atomic E-state index is 0.0183. The minimum Gasteiger partial charge on any atom is -0.390 e. The molecular weight excluding hydrogens is 186 g/mol. The van der Waals surface area contributed by atoms with Crippen LogP contribution in [-0.4, -0.2) is 10.1 Å². The van der Waals surface area contributed by atoms with Crippen LogP contribution >= 0.6 is 0 Å². The van der Waals surface area contributed by atoms with Gasteiger partial charge in [0.25, 0.3) is 0 Å². The van der Waals surface area contributed by atoms with Gasteiger partial charge in [0.1, 0.15) is 0 Å². The molecule has 1 unspecified atom stereocenters. The van der Waals surface area contributed by atoms with E-state index in [1.54, 1.807) is 0 Å². The maximum absolute atomic E-state index is 9.06. The highest BCUT2D eigenvalue weighted by atomic mass is 16.3. The Labute approximate surface area is 92.4 Å². The molecule has 84 valence electrons. The predicted molar refractivity (Wildman–Crippen MR) is 62.6 cm³/mol. The molecule has 2 nitrogen and oxygen atoms in total. The van der Waals surface area contributed by atoms with Gasteiger partial charge in [0, 0.05) is 11.1 Å². The van der Waals surface area contributed by atoms with Crippen LogP contribution in [0.25, 0.3) is 0 Å². The van der Waals surface area contributed by atoms with Gasteiger partial charge in [-0.1, -0.05) is 40.2 Å². The zero-order chi connectivity index (χ0) is 11.5. The van der Waals surface area contributed by atoms with E-state index >= 15 is 0 Å². The first-order valence-electron chi connectivity index (χ1n) is 5.59. The molecule has 1 aromatic rings. The van der Waals surface area contributed by atoms with Crippen LogP contribution in [0.4, 0.5) is 0 Å². The molecule has 1 rings (SSSR count). The zero-order valence-corrected chi connectivity index (χ0v) is 10.1. The molecular formula is C13H21NO. The van der Waals surface area contributed by atoms with Gasteiger partial charge in [-0.3, -0.25) is 4.98 Å². The summed E-state index contributed by atoms with van der Waals surface area (Å²) in [7, 11) is 0. The summed E-state index contributed by atoms with van der Waals surface area (Å²) in [5.74, 6) is 0.582. The topological polar surface area (TPSA) is 33.1 Å². The highest BCUT2D eigenvalue weighted by Gasteiger charge is 2.27.